The SMILES string of the molecule is CSc1ccc(CN(C)C(=O)CSc2nc3ccccc3c(=O)n2-c2ccc(F)cc2F)cc1. The molecule has 1 amide bonds. The average molecular weight is 498 g/mol. The van der Waals surface area contributed by atoms with Crippen molar-refractivity contribution in [2.45, 2.75) is 16.6 Å². The molecule has 0 saturated heterocycles. The normalized spacial score (nSPS) is 11.1. The van der Waals surface area contributed by atoms with Crippen molar-refractivity contribution in [2.24, 2.45) is 0 Å². The third-order valence-corrected chi connectivity index (χ3v) is 6.89. The van der Waals surface area contributed by atoms with Crippen molar-refractivity contribution in [3.05, 3.63) is 94.3 Å². The Morgan fingerprint density at radius 3 is 2.50 bits per heavy atom. The molecule has 174 valence electrons. The number of amides is 1. The van der Waals surface area contributed by atoms with Crippen molar-refractivity contribution in [2.75, 3.05) is 19.1 Å². The molecule has 0 atom stereocenters. The number of thioether (sulfide) groups is 2. The number of hydrogen-bond donors (Lipinski definition) is 0. The number of aromatic nitrogens is 2. The standard InChI is InChI=1S/C25H21F2N3O2S2/c1-29(14-16-7-10-18(33-2)11-8-16)23(31)15-34-25-28-21-6-4-3-5-19(21)24(32)30(25)22-12-9-17(26)13-20(22)27/h3-13H,14-15H2,1-2H3. The Hall–Kier alpha value is -3.17. The summed E-state index contributed by atoms with van der Waals surface area (Å²) in [5.41, 5.74) is 0.811. The molecule has 0 N–H and O–H groups in total. The summed E-state index contributed by atoms with van der Waals surface area (Å²) in [5, 5.41) is 0.452. The molecule has 1 aromatic heterocycles. The molecule has 0 aliphatic carbocycles. The summed E-state index contributed by atoms with van der Waals surface area (Å²) < 4.78 is 29.2. The molecule has 0 saturated carbocycles. The van der Waals surface area contributed by atoms with Gasteiger partial charge in [-0.15, -0.1) is 11.8 Å². The smallest absolute Gasteiger partial charge is 0.266 e. The van der Waals surface area contributed by atoms with Gasteiger partial charge in [0.25, 0.3) is 5.56 Å². The van der Waals surface area contributed by atoms with Gasteiger partial charge in [-0.2, -0.15) is 0 Å². The monoisotopic (exact) mass is 497 g/mol. The molecule has 1 heterocycles. The fraction of sp³-hybridized carbons (Fsp3) is 0.160. The van der Waals surface area contributed by atoms with E-state index in [1.165, 1.54) is 6.07 Å². The molecule has 0 bridgehead atoms. The molecule has 0 spiro atoms. The van der Waals surface area contributed by atoms with Crippen molar-refractivity contribution in [1.82, 2.24) is 14.5 Å². The molecule has 9 heteroatoms. The third kappa shape index (κ3) is 5.15. The van der Waals surface area contributed by atoms with Crippen LogP contribution in [0, 0.1) is 11.6 Å². The molecule has 5 nitrogen and oxygen atoms in total. The van der Waals surface area contributed by atoms with Gasteiger partial charge in [-0.25, -0.2) is 13.8 Å². The summed E-state index contributed by atoms with van der Waals surface area (Å²) >= 11 is 2.68. The van der Waals surface area contributed by atoms with E-state index in [9.17, 15) is 18.4 Å². The van der Waals surface area contributed by atoms with Gasteiger partial charge >= 0.3 is 0 Å². The summed E-state index contributed by atoms with van der Waals surface area (Å²) in [6, 6.07) is 17.6. The third-order valence-electron chi connectivity index (χ3n) is 5.22. The Balaban J connectivity index is 1.61. The number of para-hydroxylation sites is 1. The van der Waals surface area contributed by atoms with Gasteiger partial charge in [0, 0.05) is 24.6 Å². The Morgan fingerprint density at radius 1 is 1.06 bits per heavy atom. The first-order valence-corrected chi connectivity index (χ1v) is 12.6. The minimum absolute atomic E-state index is 0.00695. The largest absolute Gasteiger partial charge is 0.341 e. The highest BCUT2D eigenvalue weighted by molar-refractivity contribution is 7.99. The summed E-state index contributed by atoms with van der Waals surface area (Å²) in [7, 11) is 1.70. The van der Waals surface area contributed by atoms with Gasteiger partial charge in [0.05, 0.1) is 22.3 Å². The van der Waals surface area contributed by atoms with Gasteiger partial charge in [0.2, 0.25) is 5.91 Å². The van der Waals surface area contributed by atoms with Gasteiger partial charge in [-0.05, 0) is 48.2 Å². The summed E-state index contributed by atoms with van der Waals surface area (Å²) in [4.78, 5) is 33.3. The highest BCUT2D eigenvalue weighted by Crippen LogP contribution is 2.24. The molecule has 34 heavy (non-hydrogen) atoms. The van der Waals surface area contributed by atoms with Gasteiger partial charge in [-0.1, -0.05) is 36.0 Å². The van der Waals surface area contributed by atoms with Crippen LogP contribution in [-0.2, 0) is 11.3 Å². The molecule has 4 rings (SSSR count). The first-order chi connectivity index (χ1) is 16.4. The Bertz CT molecular complexity index is 1410. The minimum Gasteiger partial charge on any atom is -0.341 e. The van der Waals surface area contributed by atoms with Crippen molar-refractivity contribution in [3.63, 3.8) is 0 Å². The van der Waals surface area contributed by atoms with E-state index in [0.717, 1.165) is 32.9 Å². The van der Waals surface area contributed by atoms with Gasteiger partial charge < -0.3 is 4.90 Å². The van der Waals surface area contributed by atoms with E-state index in [4.69, 9.17) is 0 Å². The molecule has 0 radical (unpaired) electrons. The molecule has 4 aromatic rings. The topological polar surface area (TPSA) is 55.2 Å². The highest BCUT2D eigenvalue weighted by atomic mass is 32.2. The average Bonchev–Trinajstić information content (AvgIpc) is 2.84. The number of carbonyl (C=O) groups is 1. The van der Waals surface area contributed by atoms with Crippen LogP contribution in [-0.4, -0.2) is 39.4 Å². The number of fused-ring (bicyclic) bond motifs is 1. The lowest BCUT2D eigenvalue weighted by molar-refractivity contribution is -0.127. The van der Waals surface area contributed by atoms with Crippen LogP contribution >= 0.6 is 23.5 Å². The van der Waals surface area contributed by atoms with E-state index in [0.29, 0.717) is 23.5 Å². The molecule has 0 aliphatic heterocycles. The number of hydrogen-bond acceptors (Lipinski definition) is 5. The highest BCUT2D eigenvalue weighted by Gasteiger charge is 2.19. The fourth-order valence-electron chi connectivity index (χ4n) is 3.41. The minimum atomic E-state index is -0.891. The Kier molecular flexibility index (Phi) is 7.33. The Morgan fingerprint density at radius 2 is 1.79 bits per heavy atom. The quantitative estimate of drug-likeness (QED) is 0.262. The summed E-state index contributed by atoms with van der Waals surface area (Å²) in [5.74, 6) is -1.82. The van der Waals surface area contributed by atoms with E-state index in [1.807, 2.05) is 30.5 Å². The van der Waals surface area contributed by atoms with Gasteiger partial charge in [0.1, 0.15) is 11.6 Å². The van der Waals surface area contributed by atoms with Crippen molar-refractivity contribution >= 4 is 40.3 Å². The lowest BCUT2D eigenvalue weighted by Crippen LogP contribution is -2.28. The van der Waals surface area contributed by atoms with Crippen molar-refractivity contribution in [3.8, 4) is 5.69 Å². The maximum atomic E-state index is 14.6. The van der Waals surface area contributed by atoms with Crippen molar-refractivity contribution in [1.29, 1.82) is 0 Å². The first-order valence-electron chi connectivity index (χ1n) is 10.3. The van der Waals surface area contributed by atoms with E-state index in [1.54, 1.807) is 48.0 Å². The van der Waals surface area contributed by atoms with E-state index < -0.39 is 17.2 Å². The number of benzene rings is 3. The van der Waals surface area contributed by atoms with Crippen LogP contribution in [0.2, 0.25) is 0 Å². The summed E-state index contributed by atoms with van der Waals surface area (Å²) in [6.07, 6.45) is 2.00. The van der Waals surface area contributed by atoms with Crippen LogP contribution in [0.1, 0.15) is 5.56 Å². The lowest BCUT2D eigenvalue weighted by atomic mass is 10.2. The van der Waals surface area contributed by atoms with Crippen LogP contribution in [0.4, 0.5) is 8.78 Å². The number of carbonyl (C=O) groups excluding carboxylic acids is 1. The molecule has 0 unspecified atom stereocenters. The predicted molar refractivity (Wildman–Crippen MR) is 133 cm³/mol. The van der Waals surface area contributed by atoms with Gasteiger partial charge in [0.15, 0.2) is 5.16 Å². The zero-order valence-electron chi connectivity index (χ0n) is 18.5. The van der Waals surface area contributed by atoms with E-state index >= 15 is 0 Å². The molecular weight excluding hydrogens is 476 g/mol. The zero-order chi connectivity index (χ0) is 24.2. The zero-order valence-corrected chi connectivity index (χ0v) is 20.1. The maximum absolute atomic E-state index is 14.6. The van der Waals surface area contributed by atoms with Crippen LogP contribution in [0.25, 0.3) is 16.6 Å². The second kappa shape index (κ2) is 10.4. The van der Waals surface area contributed by atoms with Crippen LogP contribution < -0.4 is 5.56 Å². The van der Waals surface area contributed by atoms with Crippen molar-refractivity contribution < 1.29 is 13.6 Å². The molecule has 3 aromatic carbocycles. The molecule has 0 aliphatic rings. The second-order valence-corrected chi connectivity index (χ2v) is 9.36. The maximum Gasteiger partial charge on any atom is 0.266 e. The first kappa shape index (κ1) is 24.0. The van der Waals surface area contributed by atoms with Crippen LogP contribution in [0.15, 0.2) is 81.6 Å². The Labute approximate surface area is 203 Å². The fourth-order valence-corrected chi connectivity index (χ4v) is 4.77. The van der Waals surface area contributed by atoms with E-state index in [2.05, 4.69) is 4.98 Å². The van der Waals surface area contributed by atoms with Gasteiger partial charge in [-0.3, -0.25) is 14.2 Å². The number of nitrogens with zero attached hydrogens (tertiary/aromatic N) is 3. The van der Waals surface area contributed by atoms with E-state index in [-0.39, 0.29) is 22.5 Å². The summed E-state index contributed by atoms with van der Waals surface area (Å²) in [6.45, 7) is 0.429. The second-order valence-electron chi connectivity index (χ2n) is 7.53. The number of halogens is 2. The van der Waals surface area contributed by atoms with Crippen LogP contribution in [0.3, 0.4) is 0 Å². The molecular formula is C25H21F2N3O2S2. The lowest BCUT2D eigenvalue weighted by Gasteiger charge is -2.18. The molecule has 0 fully saturated rings. The number of rotatable bonds is 7. The predicted octanol–water partition coefficient (Wildman–Crippen LogP) is 5.14. The van der Waals surface area contributed by atoms with Crippen LogP contribution in [0.5, 0.6) is 0 Å².